The number of hydrogen-bond acceptors (Lipinski definition) is 3. The second-order valence-corrected chi connectivity index (χ2v) is 5.97. The Bertz CT molecular complexity index is 486. The Morgan fingerprint density at radius 3 is 2.47 bits per heavy atom. The Balaban J connectivity index is 3.19. The van der Waals surface area contributed by atoms with Crippen molar-refractivity contribution in [2.75, 3.05) is 7.05 Å². The van der Waals surface area contributed by atoms with Crippen LogP contribution >= 0.6 is 11.6 Å². The molecule has 0 aliphatic rings. The van der Waals surface area contributed by atoms with Crippen LogP contribution in [0.2, 0.25) is 5.02 Å². The molecule has 1 atom stereocenters. The quantitative estimate of drug-likeness (QED) is 0.681. The Hall–Kier alpha value is -1.20. The summed E-state index contributed by atoms with van der Waals surface area (Å²) in [5.74, 6) is -0.633. The van der Waals surface area contributed by atoms with Gasteiger partial charge in [-0.25, -0.2) is 4.39 Å². The van der Waals surface area contributed by atoms with E-state index in [9.17, 15) is 14.5 Å². The van der Waals surface area contributed by atoms with Gasteiger partial charge >= 0.3 is 0 Å². The lowest BCUT2D eigenvalue weighted by Crippen LogP contribution is -2.39. The van der Waals surface area contributed by atoms with E-state index in [1.807, 2.05) is 20.8 Å². The van der Waals surface area contributed by atoms with Gasteiger partial charge in [-0.15, -0.1) is 0 Å². The smallest absolute Gasteiger partial charge is 0.274 e. The van der Waals surface area contributed by atoms with E-state index in [1.165, 1.54) is 0 Å². The van der Waals surface area contributed by atoms with E-state index in [-0.39, 0.29) is 22.2 Å². The molecule has 0 aromatic heterocycles. The molecule has 0 fully saturated rings. The number of rotatable bonds is 4. The topological polar surface area (TPSA) is 55.2 Å². The summed E-state index contributed by atoms with van der Waals surface area (Å²) in [5.41, 5.74) is 0.107. The van der Waals surface area contributed by atoms with Crippen molar-refractivity contribution in [2.45, 2.75) is 33.2 Å². The van der Waals surface area contributed by atoms with Crippen molar-refractivity contribution in [1.29, 1.82) is 0 Å². The van der Waals surface area contributed by atoms with Crippen molar-refractivity contribution in [2.24, 2.45) is 5.41 Å². The monoisotopic (exact) mass is 288 g/mol. The van der Waals surface area contributed by atoms with Crippen molar-refractivity contribution >= 4 is 17.3 Å². The number of nitro groups is 1. The maximum atomic E-state index is 13.5. The highest BCUT2D eigenvalue weighted by molar-refractivity contribution is 6.31. The summed E-state index contributed by atoms with van der Waals surface area (Å²) in [6.45, 7) is 6.06. The van der Waals surface area contributed by atoms with E-state index in [0.717, 1.165) is 12.1 Å². The third kappa shape index (κ3) is 3.88. The van der Waals surface area contributed by atoms with Gasteiger partial charge < -0.3 is 5.32 Å². The first-order valence-corrected chi connectivity index (χ1v) is 6.34. The third-order valence-electron chi connectivity index (χ3n) is 3.14. The molecule has 19 heavy (non-hydrogen) atoms. The van der Waals surface area contributed by atoms with Crippen LogP contribution in [0.1, 0.15) is 26.3 Å². The molecule has 0 aliphatic carbocycles. The first-order valence-electron chi connectivity index (χ1n) is 5.96. The molecule has 0 aliphatic heterocycles. The van der Waals surface area contributed by atoms with Gasteiger partial charge in [-0.3, -0.25) is 10.1 Å². The van der Waals surface area contributed by atoms with Crippen molar-refractivity contribution in [3.8, 4) is 0 Å². The Morgan fingerprint density at radius 2 is 2.05 bits per heavy atom. The molecule has 0 saturated heterocycles. The summed E-state index contributed by atoms with van der Waals surface area (Å²) in [5, 5.41) is 13.9. The predicted octanol–water partition coefficient (Wildman–Crippen LogP) is 3.56. The van der Waals surface area contributed by atoms with Crippen LogP contribution in [0.5, 0.6) is 0 Å². The number of nitrogens with zero attached hydrogens (tertiary/aromatic N) is 1. The molecule has 1 N–H and O–H groups in total. The normalized spacial score (nSPS) is 13.4. The number of nitrogens with one attached hydrogen (secondary N) is 1. The molecule has 0 spiro atoms. The molecular formula is C13H18ClFN2O2. The summed E-state index contributed by atoms with van der Waals surface area (Å²) in [6, 6.07) is 2.21. The summed E-state index contributed by atoms with van der Waals surface area (Å²) in [6.07, 6.45) is 0.365. The van der Waals surface area contributed by atoms with Gasteiger partial charge in [0.15, 0.2) is 0 Å². The highest BCUT2D eigenvalue weighted by Crippen LogP contribution is 2.30. The third-order valence-corrected chi connectivity index (χ3v) is 3.43. The zero-order valence-electron chi connectivity index (χ0n) is 11.5. The lowest BCUT2D eigenvalue weighted by atomic mass is 9.83. The summed E-state index contributed by atoms with van der Waals surface area (Å²) in [4.78, 5) is 10.5. The fraction of sp³-hybridized carbons (Fsp3) is 0.538. The van der Waals surface area contributed by atoms with Crippen LogP contribution in [0.15, 0.2) is 12.1 Å². The van der Waals surface area contributed by atoms with Gasteiger partial charge in [0.1, 0.15) is 5.82 Å². The number of benzene rings is 1. The SMILES string of the molecule is CNC(Cc1cc(F)c(Cl)cc1[N+](=O)[O-])C(C)(C)C. The van der Waals surface area contributed by atoms with Crippen LogP contribution in [0.25, 0.3) is 0 Å². The minimum atomic E-state index is -0.633. The summed E-state index contributed by atoms with van der Waals surface area (Å²) >= 11 is 5.60. The van der Waals surface area contributed by atoms with E-state index in [4.69, 9.17) is 11.6 Å². The molecule has 0 amide bonds. The first kappa shape index (κ1) is 15.9. The molecule has 106 valence electrons. The first-order chi connectivity index (χ1) is 8.66. The molecule has 0 saturated carbocycles. The number of likely N-dealkylation sites (N-methyl/N-ethyl adjacent to an activating group) is 1. The zero-order valence-corrected chi connectivity index (χ0v) is 12.2. The van der Waals surface area contributed by atoms with Gasteiger partial charge in [-0.05, 0) is 24.9 Å². The molecule has 6 heteroatoms. The van der Waals surface area contributed by atoms with Gasteiger partial charge in [-0.1, -0.05) is 32.4 Å². The van der Waals surface area contributed by atoms with E-state index < -0.39 is 10.7 Å². The fourth-order valence-electron chi connectivity index (χ4n) is 1.97. The van der Waals surface area contributed by atoms with Crippen molar-refractivity contribution in [1.82, 2.24) is 5.32 Å². The van der Waals surface area contributed by atoms with Gasteiger partial charge in [0, 0.05) is 17.7 Å². The second-order valence-electron chi connectivity index (χ2n) is 5.56. The largest absolute Gasteiger partial charge is 0.316 e. The molecule has 4 nitrogen and oxygen atoms in total. The van der Waals surface area contributed by atoms with E-state index in [1.54, 1.807) is 7.05 Å². The van der Waals surface area contributed by atoms with Crippen LogP contribution in [0.4, 0.5) is 10.1 Å². The molecule has 0 heterocycles. The minimum absolute atomic E-state index is 0.00762. The van der Waals surface area contributed by atoms with Crippen LogP contribution in [-0.2, 0) is 6.42 Å². The Kier molecular flexibility index (Phi) is 4.87. The van der Waals surface area contributed by atoms with Gasteiger partial charge in [0.05, 0.1) is 9.95 Å². The van der Waals surface area contributed by atoms with Crippen LogP contribution in [-0.4, -0.2) is 18.0 Å². The highest BCUT2D eigenvalue weighted by Gasteiger charge is 2.27. The van der Waals surface area contributed by atoms with Gasteiger partial charge in [0.2, 0.25) is 0 Å². The minimum Gasteiger partial charge on any atom is -0.316 e. The van der Waals surface area contributed by atoms with Gasteiger partial charge in [-0.2, -0.15) is 0 Å². The molecule has 1 aromatic rings. The summed E-state index contributed by atoms with van der Waals surface area (Å²) < 4.78 is 13.5. The number of hydrogen-bond donors (Lipinski definition) is 1. The molecule has 1 rings (SSSR count). The van der Waals surface area contributed by atoms with Crippen molar-refractivity contribution < 1.29 is 9.31 Å². The van der Waals surface area contributed by atoms with Crippen LogP contribution in [0.3, 0.4) is 0 Å². The van der Waals surface area contributed by atoms with Crippen molar-refractivity contribution in [3.63, 3.8) is 0 Å². The molecule has 1 aromatic carbocycles. The standard InChI is InChI=1S/C13H18ClFN2O2/c1-13(2,3)12(16-4)6-8-5-10(15)9(14)7-11(8)17(18)19/h5,7,12,16H,6H2,1-4H3. The molecule has 1 unspecified atom stereocenters. The lowest BCUT2D eigenvalue weighted by molar-refractivity contribution is -0.385. The Labute approximate surface area is 117 Å². The average Bonchev–Trinajstić information content (AvgIpc) is 2.27. The molecule has 0 radical (unpaired) electrons. The maximum Gasteiger partial charge on any atom is 0.274 e. The second kappa shape index (κ2) is 5.84. The van der Waals surface area contributed by atoms with Crippen molar-refractivity contribution in [3.05, 3.63) is 38.7 Å². The number of halogens is 2. The van der Waals surface area contributed by atoms with E-state index in [0.29, 0.717) is 12.0 Å². The lowest BCUT2D eigenvalue weighted by Gasteiger charge is -2.30. The predicted molar refractivity (Wildman–Crippen MR) is 74.1 cm³/mol. The number of nitro benzene ring substituents is 1. The zero-order chi connectivity index (χ0) is 14.8. The fourth-order valence-corrected chi connectivity index (χ4v) is 2.13. The van der Waals surface area contributed by atoms with Crippen LogP contribution in [0, 0.1) is 21.3 Å². The average molecular weight is 289 g/mol. The molecular weight excluding hydrogens is 271 g/mol. The van der Waals surface area contributed by atoms with Crippen LogP contribution < -0.4 is 5.32 Å². The van der Waals surface area contributed by atoms with E-state index in [2.05, 4.69) is 5.32 Å². The highest BCUT2D eigenvalue weighted by atomic mass is 35.5. The van der Waals surface area contributed by atoms with E-state index >= 15 is 0 Å². The Morgan fingerprint density at radius 1 is 1.47 bits per heavy atom. The molecule has 0 bridgehead atoms. The van der Waals surface area contributed by atoms with Gasteiger partial charge in [0.25, 0.3) is 5.69 Å². The maximum absolute atomic E-state index is 13.5. The summed E-state index contributed by atoms with van der Waals surface area (Å²) in [7, 11) is 1.79.